The van der Waals surface area contributed by atoms with E-state index in [4.69, 9.17) is 0 Å². The molecule has 2 heterocycles. The maximum Gasteiger partial charge on any atom is 0.417 e. The zero-order valence-electron chi connectivity index (χ0n) is 15.9. The summed E-state index contributed by atoms with van der Waals surface area (Å²) >= 11 is 0. The van der Waals surface area contributed by atoms with Crippen LogP contribution in [0.5, 0.6) is 0 Å². The maximum atomic E-state index is 13.4. The summed E-state index contributed by atoms with van der Waals surface area (Å²) in [5.74, 6) is -0.954. The molecule has 0 aliphatic heterocycles. The Morgan fingerprint density at radius 2 is 1.93 bits per heavy atom. The molecule has 3 rings (SSSR count). The van der Waals surface area contributed by atoms with Crippen LogP contribution in [0.3, 0.4) is 0 Å². The number of hydrogen-bond acceptors (Lipinski definition) is 5. The molecule has 30 heavy (non-hydrogen) atoms. The van der Waals surface area contributed by atoms with Crippen LogP contribution in [0.2, 0.25) is 0 Å². The molecule has 1 amide bonds. The Morgan fingerprint density at radius 3 is 2.60 bits per heavy atom. The Kier molecular flexibility index (Phi) is 5.77. The minimum absolute atomic E-state index is 0.0158. The van der Waals surface area contributed by atoms with Crippen LogP contribution >= 0.6 is 0 Å². The predicted octanol–water partition coefficient (Wildman–Crippen LogP) is 3.67. The number of hydrogen-bond donors (Lipinski definition) is 1. The number of benzene rings is 1. The summed E-state index contributed by atoms with van der Waals surface area (Å²) in [7, 11) is 0. The summed E-state index contributed by atoms with van der Waals surface area (Å²) in [5.41, 5.74) is -0.841. The van der Waals surface area contributed by atoms with Gasteiger partial charge in [-0.25, -0.2) is 14.5 Å². The number of ketones is 1. The first-order chi connectivity index (χ1) is 14.2. The summed E-state index contributed by atoms with van der Waals surface area (Å²) in [4.78, 5) is 32.1. The van der Waals surface area contributed by atoms with E-state index in [1.54, 1.807) is 6.92 Å². The highest BCUT2D eigenvalue weighted by molar-refractivity contribution is 6.01. The van der Waals surface area contributed by atoms with E-state index in [9.17, 15) is 22.8 Å². The number of aromatic nitrogens is 3. The molecule has 0 unspecified atom stereocenters. The van der Waals surface area contributed by atoms with Gasteiger partial charge < -0.3 is 5.32 Å². The summed E-state index contributed by atoms with van der Waals surface area (Å²) in [6.45, 7) is 2.92. The van der Waals surface area contributed by atoms with Crippen molar-refractivity contribution in [1.82, 2.24) is 19.9 Å². The number of halogens is 3. The van der Waals surface area contributed by atoms with Gasteiger partial charge in [-0.1, -0.05) is 18.2 Å². The molecular formula is C20H16F3N5O2. The SMILES string of the molecule is CC=N/C(=C\C(C)=O)NC(=O)c1cnn2ccc(-c3ccccc3C(F)(F)F)nc12. The van der Waals surface area contributed by atoms with Gasteiger partial charge in [0.15, 0.2) is 11.4 Å². The van der Waals surface area contributed by atoms with E-state index in [-0.39, 0.29) is 34.1 Å². The number of fused-ring (bicyclic) bond motifs is 1. The van der Waals surface area contributed by atoms with E-state index >= 15 is 0 Å². The average molecular weight is 415 g/mol. The minimum atomic E-state index is -4.56. The third-order valence-electron chi connectivity index (χ3n) is 3.97. The molecule has 0 aliphatic carbocycles. The molecule has 1 aromatic carbocycles. The van der Waals surface area contributed by atoms with E-state index in [2.05, 4.69) is 20.4 Å². The maximum absolute atomic E-state index is 13.4. The number of rotatable bonds is 5. The lowest BCUT2D eigenvalue weighted by atomic mass is 10.0. The second-order valence-corrected chi connectivity index (χ2v) is 6.16. The molecule has 0 bridgehead atoms. The van der Waals surface area contributed by atoms with Crippen molar-refractivity contribution in [2.24, 2.45) is 4.99 Å². The summed E-state index contributed by atoms with van der Waals surface area (Å²) in [5, 5.41) is 6.47. The molecular weight excluding hydrogens is 399 g/mol. The standard InChI is InChI=1S/C20H16F3N5O2/c1-3-24-17(10-12(2)29)27-19(30)14-11-25-28-9-8-16(26-18(14)28)13-6-4-5-7-15(13)20(21,22)23/h3-11H,1-2H3,(H,27,30)/b17-10+,24-3?. The molecule has 0 saturated carbocycles. The molecule has 2 aromatic heterocycles. The van der Waals surface area contributed by atoms with Crippen molar-refractivity contribution in [3.05, 3.63) is 65.7 Å². The van der Waals surface area contributed by atoms with Crippen molar-refractivity contribution in [3.8, 4) is 11.3 Å². The van der Waals surface area contributed by atoms with Crippen LogP contribution < -0.4 is 5.32 Å². The van der Waals surface area contributed by atoms with Crippen molar-refractivity contribution in [3.63, 3.8) is 0 Å². The molecule has 7 nitrogen and oxygen atoms in total. The van der Waals surface area contributed by atoms with Crippen molar-refractivity contribution in [2.75, 3.05) is 0 Å². The largest absolute Gasteiger partial charge is 0.417 e. The molecule has 0 fully saturated rings. The first kappa shape index (κ1) is 20.9. The number of amides is 1. The number of allylic oxidation sites excluding steroid dienone is 1. The van der Waals surface area contributed by atoms with Crippen molar-refractivity contribution < 1.29 is 22.8 Å². The lowest BCUT2D eigenvalue weighted by Crippen LogP contribution is -2.22. The lowest BCUT2D eigenvalue weighted by molar-refractivity contribution is -0.137. The van der Waals surface area contributed by atoms with Crippen LogP contribution in [0.4, 0.5) is 13.2 Å². The van der Waals surface area contributed by atoms with Crippen LogP contribution in [0.25, 0.3) is 16.9 Å². The number of carbonyl (C=O) groups excluding carboxylic acids is 2. The van der Waals surface area contributed by atoms with Gasteiger partial charge >= 0.3 is 6.18 Å². The molecule has 0 aliphatic rings. The van der Waals surface area contributed by atoms with Crippen molar-refractivity contribution >= 4 is 23.6 Å². The summed E-state index contributed by atoms with van der Waals surface area (Å²) in [6, 6.07) is 6.42. The van der Waals surface area contributed by atoms with Crippen molar-refractivity contribution in [2.45, 2.75) is 20.0 Å². The average Bonchev–Trinajstić information content (AvgIpc) is 3.10. The second-order valence-electron chi connectivity index (χ2n) is 6.16. The van der Waals surface area contributed by atoms with E-state index in [0.29, 0.717) is 0 Å². The van der Waals surface area contributed by atoms with Gasteiger partial charge in [0.1, 0.15) is 11.4 Å². The monoisotopic (exact) mass is 415 g/mol. The van der Waals surface area contributed by atoms with Crippen molar-refractivity contribution in [1.29, 1.82) is 0 Å². The van der Waals surface area contributed by atoms with Crippen LogP contribution in [0, 0.1) is 0 Å². The molecule has 154 valence electrons. The Morgan fingerprint density at radius 1 is 1.20 bits per heavy atom. The van der Waals surface area contributed by atoms with Gasteiger partial charge in [0.25, 0.3) is 5.91 Å². The molecule has 3 aromatic rings. The van der Waals surface area contributed by atoms with Gasteiger partial charge in [-0.05, 0) is 26.0 Å². The fourth-order valence-electron chi connectivity index (χ4n) is 2.75. The lowest BCUT2D eigenvalue weighted by Gasteiger charge is -2.12. The fraction of sp³-hybridized carbons (Fsp3) is 0.150. The Hall–Kier alpha value is -3.82. The van der Waals surface area contributed by atoms with Crippen LogP contribution in [-0.2, 0) is 11.0 Å². The summed E-state index contributed by atoms with van der Waals surface area (Å²) in [6.07, 6.45) is 0.628. The highest BCUT2D eigenvalue weighted by Gasteiger charge is 2.33. The quantitative estimate of drug-likeness (QED) is 0.509. The number of nitrogens with zero attached hydrogens (tertiary/aromatic N) is 4. The second kappa shape index (κ2) is 8.27. The highest BCUT2D eigenvalue weighted by Crippen LogP contribution is 2.36. The van der Waals surface area contributed by atoms with Crippen LogP contribution in [0.15, 0.2) is 59.6 Å². The number of carbonyl (C=O) groups is 2. The zero-order chi connectivity index (χ0) is 21.9. The third kappa shape index (κ3) is 4.43. The Bertz CT molecular complexity index is 1180. The van der Waals surface area contributed by atoms with Gasteiger partial charge in [-0.3, -0.25) is 9.59 Å². The van der Waals surface area contributed by atoms with Crippen LogP contribution in [-0.4, -0.2) is 32.5 Å². The normalized spacial score (nSPS) is 12.5. The zero-order valence-corrected chi connectivity index (χ0v) is 15.9. The Balaban J connectivity index is 2.05. The molecule has 0 spiro atoms. The predicted molar refractivity (Wildman–Crippen MR) is 104 cm³/mol. The van der Waals surface area contributed by atoms with E-state index in [0.717, 1.165) is 12.1 Å². The smallest absolute Gasteiger partial charge is 0.306 e. The van der Waals surface area contributed by atoms with Crippen LogP contribution in [0.1, 0.15) is 29.8 Å². The number of aliphatic imine (C=N–C) groups is 1. The third-order valence-corrected chi connectivity index (χ3v) is 3.97. The van der Waals surface area contributed by atoms with Gasteiger partial charge in [0.2, 0.25) is 0 Å². The topological polar surface area (TPSA) is 88.7 Å². The number of alkyl halides is 3. The van der Waals surface area contributed by atoms with E-state index in [1.807, 2.05) is 0 Å². The highest BCUT2D eigenvalue weighted by atomic mass is 19.4. The first-order valence-corrected chi connectivity index (χ1v) is 8.74. The van der Waals surface area contributed by atoms with E-state index in [1.165, 1.54) is 54.3 Å². The molecule has 1 N–H and O–H groups in total. The number of nitrogens with one attached hydrogen (secondary N) is 1. The molecule has 10 heteroatoms. The summed E-state index contributed by atoms with van der Waals surface area (Å²) < 4.78 is 41.3. The molecule has 0 saturated heterocycles. The van der Waals surface area contributed by atoms with Gasteiger partial charge in [-0.2, -0.15) is 18.3 Å². The van der Waals surface area contributed by atoms with Gasteiger partial charge in [0.05, 0.1) is 17.5 Å². The minimum Gasteiger partial charge on any atom is -0.306 e. The Labute approximate surface area is 169 Å². The molecule has 0 atom stereocenters. The molecule has 0 radical (unpaired) electrons. The first-order valence-electron chi connectivity index (χ1n) is 8.74. The van der Waals surface area contributed by atoms with E-state index < -0.39 is 17.6 Å². The van der Waals surface area contributed by atoms with Gasteiger partial charge in [-0.15, -0.1) is 0 Å². The fourth-order valence-corrected chi connectivity index (χ4v) is 2.75. The van der Waals surface area contributed by atoms with Gasteiger partial charge in [0, 0.05) is 24.1 Å².